The predicted molar refractivity (Wildman–Crippen MR) is 80.2 cm³/mol. The molecule has 0 radical (unpaired) electrons. The Labute approximate surface area is 126 Å². The molecule has 6 heteroatoms. The Balaban J connectivity index is 2.68. The molecule has 0 aromatic heterocycles. The Bertz CT molecular complexity index is 345. The molecule has 0 aliphatic heterocycles. The van der Waals surface area contributed by atoms with Crippen molar-refractivity contribution < 1.29 is 19.4 Å². The second-order valence-corrected chi connectivity index (χ2v) is 5.59. The Morgan fingerprint density at radius 2 is 2.00 bits per heavy atom. The third-order valence-electron chi connectivity index (χ3n) is 4.32. The van der Waals surface area contributed by atoms with Gasteiger partial charge in [0.1, 0.15) is 0 Å². The number of carbonyl (C=O) groups excluding carboxylic acids is 1. The third kappa shape index (κ3) is 4.88. The highest BCUT2D eigenvalue weighted by molar-refractivity contribution is 5.77. The van der Waals surface area contributed by atoms with Crippen molar-refractivity contribution in [2.75, 3.05) is 20.3 Å². The topological polar surface area (TPSA) is 78.9 Å². The van der Waals surface area contributed by atoms with Crippen LogP contribution in [0.4, 0.5) is 4.79 Å². The Hall–Kier alpha value is -1.30. The van der Waals surface area contributed by atoms with Gasteiger partial charge in [0, 0.05) is 25.7 Å². The number of nitrogens with zero attached hydrogens (tertiary/aromatic N) is 1. The summed E-state index contributed by atoms with van der Waals surface area (Å²) in [5.41, 5.74) is 0. The molecule has 2 amide bonds. The van der Waals surface area contributed by atoms with E-state index in [4.69, 9.17) is 4.74 Å². The summed E-state index contributed by atoms with van der Waals surface area (Å²) in [6.45, 7) is 5.11. The van der Waals surface area contributed by atoms with Crippen LogP contribution in [0.5, 0.6) is 0 Å². The first-order valence-corrected chi connectivity index (χ1v) is 7.83. The fourth-order valence-electron chi connectivity index (χ4n) is 3.04. The summed E-state index contributed by atoms with van der Waals surface area (Å²) in [5, 5.41) is 12.1. The van der Waals surface area contributed by atoms with Crippen molar-refractivity contribution in [2.45, 2.75) is 58.0 Å². The van der Waals surface area contributed by atoms with Crippen molar-refractivity contribution in [1.29, 1.82) is 0 Å². The van der Waals surface area contributed by atoms with Crippen LogP contribution in [0.25, 0.3) is 0 Å². The summed E-state index contributed by atoms with van der Waals surface area (Å²) in [6.07, 6.45) is 3.99. The van der Waals surface area contributed by atoms with E-state index < -0.39 is 11.9 Å². The summed E-state index contributed by atoms with van der Waals surface area (Å²) >= 11 is 0. The standard InChI is InChI=1S/C15H28N2O4/c1-4-11(5-2)17(9-10-21-3)15(20)16-13-8-6-7-12(13)14(18)19/h11-13H,4-10H2,1-3H3,(H,16,20)(H,18,19). The quantitative estimate of drug-likeness (QED) is 0.719. The third-order valence-corrected chi connectivity index (χ3v) is 4.32. The number of nitrogens with one attached hydrogen (secondary N) is 1. The van der Waals surface area contributed by atoms with Gasteiger partial charge >= 0.3 is 12.0 Å². The minimum atomic E-state index is -0.816. The molecule has 21 heavy (non-hydrogen) atoms. The number of methoxy groups -OCH3 is 1. The average molecular weight is 300 g/mol. The zero-order valence-corrected chi connectivity index (χ0v) is 13.3. The van der Waals surface area contributed by atoms with Gasteiger partial charge in [-0.05, 0) is 25.7 Å². The molecule has 0 saturated heterocycles. The molecule has 1 fully saturated rings. The number of hydrogen-bond donors (Lipinski definition) is 2. The van der Waals surface area contributed by atoms with Crippen LogP contribution >= 0.6 is 0 Å². The van der Waals surface area contributed by atoms with Crippen molar-refractivity contribution in [1.82, 2.24) is 10.2 Å². The maximum Gasteiger partial charge on any atom is 0.317 e. The smallest absolute Gasteiger partial charge is 0.317 e. The van der Waals surface area contributed by atoms with Gasteiger partial charge in [-0.15, -0.1) is 0 Å². The summed E-state index contributed by atoms with van der Waals surface area (Å²) in [7, 11) is 1.61. The van der Waals surface area contributed by atoms with Crippen LogP contribution in [0.3, 0.4) is 0 Å². The molecule has 0 heterocycles. The molecule has 1 aliphatic rings. The van der Waals surface area contributed by atoms with Gasteiger partial charge in [0.2, 0.25) is 0 Å². The normalized spacial score (nSPS) is 21.5. The molecule has 2 atom stereocenters. The maximum absolute atomic E-state index is 12.5. The molecular formula is C15H28N2O4. The highest BCUT2D eigenvalue weighted by Crippen LogP contribution is 2.26. The molecule has 1 saturated carbocycles. The van der Waals surface area contributed by atoms with Crippen LogP contribution in [0, 0.1) is 5.92 Å². The van der Waals surface area contributed by atoms with Gasteiger partial charge in [0.15, 0.2) is 0 Å². The molecule has 1 rings (SSSR count). The molecular weight excluding hydrogens is 272 g/mol. The lowest BCUT2D eigenvalue weighted by Crippen LogP contribution is -2.51. The molecule has 122 valence electrons. The number of carbonyl (C=O) groups is 2. The number of amides is 2. The van der Waals surface area contributed by atoms with E-state index in [9.17, 15) is 14.7 Å². The molecule has 0 aromatic rings. The van der Waals surface area contributed by atoms with E-state index in [1.54, 1.807) is 12.0 Å². The number of aliphatic carboxylic acids is 1. The minimum Gasteiger partial charge on any atom is -0.481 e. The first kappa shape index (κ1) is 17.8. The van der Waals surface area contributed by atoms with Crippen molar-refractivity contribution in [2.24, 2.45) is 5.92 Å². The number of urea groups is 1. The van der Waals surface area contributed by atoms with Gasteiger partial charge in [-0.1, -0.05) is 20.3 Å². The van der Waals surface area contributed by atoms with E-state index in [0.29, 0.717) is 19.6 Å². The Kier molecular flexibility index (Phi) is 7.50. The van der Waals surface area contributed by atoms with Crippen LogP contribution in [0.1, 0.15) is 46.0 Å². The van der Waals surface area contributed by atoms with E-state index in [-0.39, 0.29) is 18.1 Å². The van der Waals surface area contributed by atoms with Crippen LogP contribution in [-0.4, -0.2) is 54.4 Å². The van der Waals surface area contributed by atoms with Gasteiger partial charge in [0.05, 0.1) is 12.5 Å². The fraction of sp³-hybridized carbons (Fsp3) is 0.867. The second-order valence-electron chi connectivity index (χ2n) is 5.59. The van der Waals surface area contributed by atoms with E-state index in [1.165, 1.54) is 0 Å². The summed E-state index contributed by atoms with van der Waals surface area (Å²) in [6, 6.07) is -0.266. The van der Waals surface area contributed by atoms with E-state index >= 15 is 0 Å². The molecule has 2 N–H and O–H groups in total. The monoisotopic (exact) mass is 300 g/mol. The van der Waals surface area contributed by atoms with Gasteiger partial charge in [-0.25, -0.2) is 4.79 Å². The van der Waals surface area contributed by atoms with Crippen LogP contribution < -0.4 is 5.32 Å². The lowest BCUT2D eigenvalue weighted by Gasteiger charge is -2.32. The largest absolute Gasteiger partial charge is 0.481 e. The number of carboxylic acid groups (broad SMARTS) is 1. The van der Waals surface area contributed by atoms with Gasteiger partial charge < -0.3 is 20.1 Å². The molecule has 0 spiro atoms. The average Bonchev–Trinajstić information content (AvgIpc) is 2.91. The molecule has 1 aliphatic carbocycles. The Morgan fingerprint density at radius 1 is 1.33 bits per heavy atom. The highest BCUT2D eigenvalue weighted by atomic mass is 16.5. The van der Waals surface area contributed by atoms with Crippen molar-refractivity contribution >= 4 is 12.0 Å². The summed E-state index contributed by atoms with van der Waals surface area (Å²) in [5.74, 6) is -1.27. The molecule has 2 unspecified atom stereocenters. The Morgan fingerprint density at radius 3 is 2.52 bits per heavy atom. The van der Waals surface area contributed by atoms with E-state index in [0.717, 1.165) is 25.7 Å². The molecule has 6 nitrogen and oxygen atoms in total. The maximum atomic E-state index is 12.5. The number of ether oxygens (including phenoxy) is 1. The van der Waals surface area contributed by atoms with Crippen molar-refractivity contribution in [3.05, 3.63) is 0 Å². The van der Waals surface area contributed by atoms with Crippen molar-refractivity contribution in [3.63, 3.8) is 0 Å². The molecule has 0 aromatic carbocycles. The van der Waals surface area contributed by atoms with E-state index in [2.05, 4.69) is 19.2 Å². The zero-order chi connectivity index (χ0) is 15.8. The SMILES string of the molecule is CCC(CC)N(CCOC)C(=O)NC1CCCC1C(=O)O. The fourth-order valence-corrected chi connectivity index (χ4v) is 3.04. The van der Waals surface area contributed by atoms with Crippen molar-refractivity contribution in [3.8, 4) is 0 Å². The lowest BCUT2D eigenvalue weighted by molar-refractivity contribution is -0.142. The molecule has 0 bridgehead atoms. The zero-order valence-electron chi connectivity index (χ0n) is 13.3. The van der Waals surface area contributed by atoms with Crippen LogP contribution in [0.2, 0.25) is 0 Å². The first-order chi connectivity index (χ1) is 10.0. The lowest BCUT2D eigenvalue weighted by atomic mass is 10.0. The summed E-state index contributed by atoms with van der Waals surface area (Å²) in [4.78, 5) is 25.5. The van der Waals surface area contributed by atoms with Gasteiger partial charge in [-0.2, -0.15) is 0 Å². The number of carboxylic acids is 1. The van der Waals surface area contributed by atoms with Gasteiger partial charge in [-0.3, -0.25) is 4.79 Å². The number of hydrogen-bond acceptors (Lipinski definition) is 3. The predicted octanol–water partition coefficient (Wildman–Crippen LogP) is 2.09. The van der Waals surface area contributed by atoms with E-state index in [1.807, 2.05) is 0 Å². The minimum absolute atomic E-state index is 0.157. The van der Waals surface area contributed by atoms with Crippen LogP contribution in [-0.2, 0) is 9.53 Å². The second kappa shape index (κ2) is 8.87. The highest BCUT2D eigenvalue weighted by Gasteiger charge is 2.35. The first-order valence-electron chi connectivity index (χ1n) is 7.83. The number of rotatable bonds is 8. The van der Waals surface area contributed by atoms with Gasteiger partial charge in [0.25, 0.3) is 0 Å². The van der Waals surface area contributed by atoms with Crippen LogP contribution in [0.15, 0.2) is 0 Å². The summed E-state index contributed by atoms with van der Waals surface area (Å²) < 4.78 is 5.08.